The van der Waals surface area contributed by atoms with Crippen LogP contribution in [0.1, 0.15) is 37.7 Å². The maximum atomic E-state index is 9.19. The van der Waals surface area contributed by atoms with Crippen LogP contribution in [0.25, 0.3) is 0 Å². The predicted octanol–water partition coefficient (Wildman–Crippen LogP) is 2.42. The average molecular weight is 320 g/mol. The zero-order valence-electron chi connectivity index (χ0n) is 14.6. The number of rotatable bonds is 2. The lowest BCUT2D eigenvalue weighted by molar-refractivity contribution is 0.0307. The van der Waals surface area contributed by atoms with Crippen molar-refractivity contribution in [2.45, 2.75) is 51.2 Å². The highest BCUT2D eigenvalue weighted by Crippen LogP contribution is 2.22. The molecule has 0 aromatic heterocycles. The lowest BCUT2D eigenvalue weighted by Crippen LogP contribution is -2.43. The van der Waals surface area contributed by atoms with E-state index in [4.69, 9.17) is 5.11 Å². The van der Waals surface area contributed by atoms with Crippen LogP contribution in [0.2, 0.25) is 0 Å². The Kier molecular flexibility index (Phi) is 7.34. The van der Waals surface area contributed by atoms with Crippen LogP contribution in [0, 0.1) is 6.92 Å². The molecule has 4 heteroatoms. The van der Waals surface area contributed by atoms with Crippen molar-refractivity contribution < 1.29 is 10.2 Å². The number of nitrogens with zero attached hydrogens (tertiary/aromatic N) is 2. The zero-order chi connectivity index (χ0) is 16.7. The highest BCUT2D eigenvalue weighted by atomic mass is 16.3. The van der Waals surface area contributed by atoms with Gasteiger partial charge in [0.2, 0.25) is 0 Å². The van der Waals surface area contributed by atoms with E-state index in [2.05, 4.69) is 41.0 Å². The van der Waals surface area contributed by atoms with Gasteiger partial charge in [0.1, 0.15) is 0 Å². The van der Waals surface area contributed by atoms with E-state index in [1.54, 1.807) is 0 Å². The number of aliphatic hydroxyl groups is 2. The van der Waals surface area contributed by atoms with Crippen LogP contribution in [0.5, 0.6) is 0 Å². The van der Waals surface area contributed by atoms with E-state index in [1.807, 2.05) is 7.05 Å². The first kappa shape index (κ1) is 18.2. The Morgan fingerprint density at radius 3 is 2.39 bits per heavy atom. The molecule has 1 aromatic carbocycles. The van der Waals surface area contributed by atoms with E-state index >= 15 is 0 Å². The standard InChI is InChI=1S/C12H17N.C7H15NO2/c1-11-7-3-4-8-12(11)13-9-5-2-6-10-13;1-8-3-2-7(10)4-6(8)5-9/h3-4,7-8H,2,5-6,9-10H2,1H3;6-7,9-10H,2-5H2,1H3. The lowest BCUT2D eigenvalue weighted by Gasteiger charge is -2.33. The number of anilines is 1. The summed E-state index contributed by atoms with van der Waals surface area (Å²) < 4.78 is 0. The van der Waals surface area contributed by atoms with E-state index in [1.165, 1.54) is 43.6 Å². The summed E-state index contributed by atoms with van der Waals surface area (Å²) in [6.07, 6.45) is 5.47. The summed E-state index contributed by atoms with van der Waals surface area (Å²) in [6, 6.07) is 8.85. The molecule has 2 atom stereocenters. The zero-order valence-corrected chi connectivity index (χ0v) is 14.6. The molecule has 2 unspecified atom stereocenters. The Hall–Kier alpha value is -1.10. The molecule has 23 heavy (non-hydrogen) atoms. The second kappa shape index (κ2) is 9.26. The van der Waals surface area contributed by atoms with Crippen molar-refractivity contribution >= 4 is 5.69 Å². The van der Waals surface area contributed by atoms with Gasteiger partial charge in [-0.3, -0.25) is 0 Å². The lowest BCUT2D eigenvalue weighted by atomic mass is 10.0. The van der Waals surface area contributed by atoms with Gasteiger partial charge in [0.05, 0.1) is 12.7 Å². The molecule has 2 saturated heterocycles. The number of likely N-dealkylation sites (N-methyl/N-ethyl adjacent to an activating group) is 1. The molecular weight excluding hydrogens is 288 g/mol. The van der Waals surface area contributed by atoms with E-state index in [9.17, 15) is 5.11 Å². The molecule has 0 spiro atoms. The third kappa shape index (κ3) is 5.48. The van der Waals surface area contributed by atoms with E-state index < -0.39 is 0 Å². The number of piperidine rings is 2. The summed E-state index contributed by atoms with van der Waals surface area (Å²) in [5, 5.41) is 18.0. The minimum atomic E-state index is -0.201. The molecule has 2 heterocycles. The molecule has 1 aromatic rings. The SMILES string of the molecule is CN1CCC(O)CC1CO.Cc1ccccc1N1CCCCC1. The number of aliphatic hydroxyl groups excluding tert-OH is 2. The van der Waals surface area contributed by atoms with Crippen LogP contribution in [-0.2, 0) is 0 Å². The third-order valence-electron chi connectivity index (χ3n) is 5.01. The van der Waals surface area contributed by atoms with Gasteiger partial charge in [-0.1, -0.05) is 18.2 Å². The first-order chi connectivity index (χ1) is 11.1. The summed E-state index contributed by atoms with van der Waals surface area (Å²) in [6.45, 7) is 5.74. The molecule has 2 aliphatic rings. The van der Waals surface area contributed by atoms with Crippen molar-refractivity contribution in [1.82, 2.24) is 4.90 Å². The van der Waals surface area contributed by atoms with Crippen molar-refractivity contribution in [2.24, 2.45) is 0 Å². The van der Waals surface area contributed by atoms with Crippen molar-refractivity contribution in [1.29, 1.82) is 0 Å². The topological polar surface area (TPSA) is 46.9 Å². The molecular formula is C19H32N2O2. The second-order valence-corrected chi connectivity index (χ2v) is 6.83. The third-order valence-corrected chi connectivity index (χ3v) is 5.01. The van der Waals surface area contributed by atoms with Gasteiger partial charge in [-0.15, -0.1) is 0 Å². The van der Waals surface area contributed by atoms with Crippen LogP contribution in [0.15, 0.2) is 24.3 Å². The minimum Gasteiger partial charge on any atom is -0.395 e. The van der Waals surface area contributed by atoms with Crippen LogP contribution in [-0.4, -0.2) is 60.5 Å². The first-order valence-electron chi connectivity index (χ1n) is 8.91. The predicted molar refractivity (Wildman–Crippen MR) is 96.0 cm³/mol. The number of benzene rings is 1. The van der Waals surface area contributed by atoms with Crippen LogP contribution in [0.4, 0.5) is 5.69 Å². The fraction of sp³-hybridized carbons (Fsp3) is 0.684. The van der Waals surface area contributed by atoms with E-state index in [0.717, 1.165) is 13.0 Å². The smallest absolute Gasteiger partial charge is 0.0587 e. The normalized spacial score (nSPS) is 25.7. The molecule has 0 aliphatic carbocycles. The van der Waals surface area contributed by atoms with Crippen LogP contribution >= 0.6 is 0 Å². The fourth-order valence-corrected chi connectivity index (χ4v) is 3.41. The Balaban J connectivity index is 0.000000174. The van der Waals surface area contributed by atoms with Gasteiger partial charge in [-0.05, 0) is 57.7 Å². The molecule has 130 valence electrons. The Morgan fingerprint density at radius 1 is 1.09 bits per heavy atom. The van der Waals surface area contributed by atoms with Crippen LogP contribution < -0.4 is 4.90 Å². The maximum absolute atomic E-state index is 9.19. The quantitative estimate of drug-likeness (QED) is 0.878. The second-order valence-electron chi connectivity index (χ2n) is 6.83. The largest absolute Gasteiger partial charge is 0.395 e. The first-order valence-corrected chi connectivity index (χ1v) is 8.91. The number of hydrogen-bond donors (Lipinski definition) is 2. The van der Waals surface area contributed by atoms with Crippen molar-refractivity contribution in [3.8, 4) is 0 Å². The Morgan fingerprint density at radius 2 is 1.78 bits per heavy atom. The highest BCUT2D eigenvalue weighted by molar-refractivity contribution is 5.53. The van der Waals surface area contributed by atoms with Gasteiger partial charge in [0.15, 0.2) is 0 Å². The number of para-hydroxylation sites is 1. The monoisotopic (exact) mass is 320 g/mol. The Bertz CT molecular complexity index is 460. The average Bonchev–Trinajstić information content (AvgIpc) is 2.59. The summed E-state index contributed by atoms with van der Waals surface area (Å²) >= 11 is 0. The van der Waals surface area contributed by atoms with Crippen LogP contribution in [0.3, 0.4) is 0 Å². The minimum absolute atomic E-state index is 0.160. The van der Waals surface area contributed by atoms with Crippen molar-refractivity contribution in [3.63, 3.8) is 0 Å². The number of likely N-dealkylation sites (tertiary alicyclic amines) is 1. The Labute approximate surface area is 140 Å². The van der Waals surface area contributed by atoms with E-state index in [0.29, 0.717) is 6.42 Å². The highest BCUT2D eigenvalue weighted by Gasteiger charge is 2.23. The molecule has 2 fully saturated rings. The molecule has 2 N–H and O–H groups in total. The van der Waals surface area contributed by atoms with Crippen molar-refractivity contribution in [3.05, 3.63) is 29.8 Å². The molecule has 0 saturated carbocycles. The van der Waals surface area contributed by atoms with Gasteiger partial charge in [-0.2, -0.15) is 0 Å². The summed E-state index contributed by atoms with van der Waals surface area (Å²) in [5.74, 6) is 0. The number of hydrogen-bond acceptors (Lipinski definition) is 4. The molecule has 2 aliphatic heterocycles. The molecule has 0 amide bonds. The van der Waals surface area contributed by atoms with Gasteiger partial charge >= 0.3 is 0 Å². The van der Waals surface area contributed by atoms with Gasteiger partial charge in [0.25, 0.3) is 0 Å². The molecule has 3 rings (SSSR count). The fourth-order valence-electron chi connectivity index (χ4n) is 3.41. The summed E-state index contributed by atoms with van der Waals surface area (Å²) in [4.78, 5) is 4.60. The summed E-state index contributed by atoms with van der Waals surface area (Å²) in [5.41, 5.74) is 2.84. The molecule has 4 nitrogen and oxygen atoms in total. The van der Waals surface area contributed by atoms with Gasteiger partial charge in [-0.25, -0.2) is 0 Å². The summed E-state index contributed by atoms with van der Waals surface area (Å²) in [7, 11) is 1.98. The van der Waals surface area contributed by atoms with E-state index in [-0.39, 0.29) is 18.8 Å². The van der Waals surface area contributed by atoms with Gasteiger partial charge in [0, 0.05) is 31.4 Å². The molecule has 0 radical (unpaired) electrons. The number of aryl methyl sites for hydroxylation is 1. The van der Waals surface area contributed by atoms with Gasteiger partial charge < -0.3 is 20.0 Å². The maximum Gasteiger partial charge on any atom is 0.0587 e. The molecule has 0 bridgehead atoms. The van der Waals surface area contributed by atoms with Crippen molar-refractivity contribution in [2.75, 3.05) is 38.2 Å².